The number of ether oxygens (including phenoxy) is 1. The van der Waals surface area contributed by atoms with Crippen LogP contribution in [0.1, 0.15) is 23.6 Å². The predicted octanol–water partition coefficient (Wildman–Crippen LogP) is 4.10. The summed E-state index contributed by atoms with van der Waals surface area (Å²) < 4.78 is 44.7. The molecule has 3 rings (SSSR count). The Kier molecular flexibility index (Phi) is 5.70. The lowest BCUT2D eigenvalue weighted by Crippen LogP contribution is -2.37. The minimum absolute atomic E-state index is 0.0322. The van der Waals surface area contributed by atoms with Gasteiger partial charge in [-0.3, -0.25) is 9.69 Å². The fraction of sp³-hybridized carbons (Fsp3) is 0.350. The molecule has 0 aliphatic carbocycles. The predicted molar refractivity (Wildman–Crippen MR) is 96.7 cm³/mol. The number of carbonyl (C=O) groups excluding carboxylic acids is 1. The molecule has 0 saturated heterocycles. The Hall–Kier alpha value is -2.54. The molecule has 7 heteroatoms. The van der Waals surface area contributed by atoms with Crippen LogP contribution in [0.5, 0.6) is 5.75 Å². The summed E-state index contributed by atoms with van der Waals surface area (Å²) >= 11 is 0. The van der Waals surface area contributed by atoms with Gasteiger partial charge >= 0.3 is 6.18 Å². The van der Waals surface area contributed by atoms with Crippen LogP contribution in [-0.4, -0.2) is 30.5 Å². The molecule has 1 aliphatic heterocycles. The fourth-order valence-electron chi connectivity index (χ4n) is 3.22. The van der Waals surface area contributed by atoms with E-state index in [9.17, 15) is 18.0 Å². The number of para-hydroxylation sites is 1. The topological polar surface area (TPSA) is 41.6 Å². The van der Waals surface area contributed by atoms with Crippen molar-refractivity contribution >= 4 is 11.6 Å². The number of hydrogen-bond donors (Lipinski definition) is 1. The molecule has 27 heavy (non-hydrogen) atoms. The van der Waals surface area contributed by atoms with E-state index >= 15 is 0 Å². The molecule has 1 aliphatic rings. The minimum Gasteiger partial charge on any atom is -0.494 e. The number of amides is 1. The number of nitrogens with one attached hydrogen (secondary N) is 1. The summed E-state index contributed by atoms with van der Waals surface area (Å²) in [6.07, 6.45) is -3.72. The number of halogens is 3. The molecule has 0 saturated carbocycles. The highest BCUT2D eigenvalue weighted by atomic mass is 19.4. The Labute approximate surface area is 155 Å². The maximum atomic E-state index is 13.0. The molecule has 0 fully saturated rings. The van der Waals surface area contributed by atoms with E-state index in [1.165, 1.54) is 23.8 Å². The van der Waals surface area contributed by atoms with Crippen molar-refractivity contribution in [2.24, 2.45) is 0 Å². The summed E-state index contributed by atoms with van der Waals surface area (Å²) in [6, 6.07) is 10.9. The van der Waals surface area contributed by atoms with Crippen LogP contribution in [0.2, 0.25) is 0 Å². The lowest BCUT2D eigenvalue weighted by atomic mass is 9.99. The third kappa shape index (κ3) is 4.80. The third-order valence-electron chi connectivity index (χ3n) is 4.45. The number of fused-ring (bicyclic) bond motifs is 1. The van der Waals surface area contributed by atoms with E-state index in [2.05, 4.69) is 5.32 Å². The van der Waals surface area contributed by atoms with E-state index in [0.29, 0.717) is 19.7 Å². The molecule has 0 spiro atoms. The zero-order valence-corrected chi connectivity index (χ0v) is 15.0. The van der Waals surface area contributed by atoms with Crippen molar-refractivity contribution in [3.05, 3.63) is 59.2 Å². The summed E-state index contributed by atoms with van der Waals surface area (Å²) in [5, 5.41) is 2.39. The number of benzene rings is 2. The Morgan fingerprint density at radius 2 is 1.96 bits per heavy atom. The number of rotatable bonds is 5. The molecule has 0 unspecified atom stereocenters. The number of alkyl halides is 3. The maximum Gasteiger partial charge on any atom is 0.418 e. The van der Waals surface area contributed by atoms with E-state index in [0.717, 1.165) is 23.8 Å². The number of anilines is 1. The molecule has 0 radical (unpaired) electrons. The van der Waals surface area contributed by atoms with E-state index in [1.54, 1.807) is 0 Å². The Bertz CT molecular complexity index is 821. The highest BCUT2D eigenvalue weighted by molar-refractivity contribution is 5.93. The number of carbonyl (C=O) groups is 1. The van der Waals surface area contributed by atoms with Crippen molar-refractivity contribution in [3.63, 3.8) is 0 Å². The van der Waals surface area contributed by atoms with Gasteiger partial charge in [0.2, 0.25) is 5.91 Å². The van der Waals surface area contributed by atoms with Crippen molar-refractivity contribution < 1.29 is 22.7 Å². The summed E-state index contributed by atoms with van der Waals surface area (Å²) in [7, 11) is 0. The van der Waals surface area contributed by atoms with Crippen LogP contribution in [-0.2, 0) is 23.9 Å². The molecule has 2 aromatic carbocycles. The van der Waals surface area contributed by atoms with Gasteiger partial charge < -0.3 is 10.1 Å². The monoisotopic (exact) mass is 378 g/mol. The average Bonchev–Trinajstić information content (AvgIpc) is 2.61. The molecule has 1 heterocycles. The van der Waals surface area contributed by atoms with Gasteiger partial charge in [0.05, 0.1) is 24.4 Å². The van der Waals surface area contributed by atoms with E-state index < -0.39 is 17.6 Å². The normalized spacial score (nSPS) is 14.5. The molecular formula is C20H21F3N2O2. The molecule has 1 N–H and O–H groups in total. The van der Waals surface area contributed by atoms with Gasteiger partial charge in [-0.2, -0.15) is 13.2 Å². The smallest absolute Gasteiger partial charge is 0.418 e. The highest BCUT2D eigenvalue weighted by Gasteiger charge is 2.33. The van der Waals surface area contributed by atoms with Crippen molar-refractivity contribution in [3.8, 4) is 5.75 Å². The van der Waals surface area contributed by atoms with Crippen LogP contribution in [0.25, 0.3) is 0 Å². The number of nitrogens with zero attached hydrogens (tertiary/aromatic N) is 1. The van der Waals surface area contributed by atoms with Gasteiger partial charge in [-0.05, 0) is 48.7 Å². The summed E-state index contributed by atoms with van der Waals surface area (Å²) in [4.78, 5) is 14.2. The molecule has 144 valence electrons. The van der Waals surface area contributed by atoms with Gasteiger partial charge in [0.25, 0.3) is 0 Å². The first kappa shape index (κ1) is 19.2. The first-order valence-electron chi connectivity index (χ1n) is 8.80. The molecule has 4 nitrogen and oxygen atoms in total. The van der Waals surface area contributed by atoms with E-state index in [4.69, 9.17) is 4.74 Å². The van der Waals surface area contributed by atoms with Gasteiger partial charge in [-0.1, -0.05) is 18.2 Å². The molecular weight excluding hydrogens is 357 g/mol. The minimum atomic E-state index is -4.51. The Morgan fingerprint density at radius 3 is 2.70 bits per heavy atom. The molecule has 2 aromatic rings. The second-order valence-electron chi connectivity index (χ2n) is 6.42. The van der Waals surface area contributed by atoms with Crippen LogP contribution in [0.3, 0.4) is 0 Å². The van der Waals surface area contributed by atoms with Crippen molar-refractivity contribution in [1.29, 1.82) is 0 Å². The second-order valence-corrected chi connectivity index (χ2v) is 6.42. The molecule has 0 aromatic heterocycles. The average molecular weight is 378 g/mol. The van der Waals surface area contributed by atoms with Crippen LogP contribution < -0.4 is 10.1 Å². The molecule has 0 atom stereocenters. The van der Waals surface area contributed by atoms with Gasteiger partial charge in [0, 0.05) is 13.1 Å². The maximum absolute atomic E-state index is 13.0. The first-order chi connectivity index (χ1) is 12.9. The van der Waals surface area contributed by atoms with Crippen LogP contribution >= 0.6 is 0 Å². The summed E-state index contributed by atoms with van der Waals surface area (Å²) in [5.41, 5.74) is 1.22. The number of hydrogen-bond acceptors (Lipinski definition) is 3. The van der Waals surface area contributed by atoms with Crippen molar-refractivity contribution in [2.75, 3.05) is 25.0 Å². The van der Waals surface area contributed by atoms with Gasteiger partial charge in [0.1, 0.15) is 5.75 Å². The van der Waals surface area contributed by atoms with E-state index in [-0.39, 0.29) is 12.2 Å². The van der Waals surface area contributed by atoms with Gasteiger partial charge in [-0.25, -0.2) is 0 Å². The summed E-state index contributed by atoms with van der Waals surface area (Å²) in [6.45, 7) is 3.75. The van der Waals surface area contributed by atoms with Gasteiger partial charge in [-0.15, -0.1) is 0 Å². The zero-order chi connectivity index (χ0) is 19.4. The first-order valence-corrected chi connectivity index (χ1v) is 8.80. The van der Waals surface area contributed by atoms with Gasteiger partial charge in [0.15, 0.2) is 0 Å². The Balaban J connectivity index is 1.65. The second kappa shape index (κ2) is 8.00. The van der Waals surface area contributed by atoms with Crippen LogP contribution in [0.4, 0.5) is 18.9 Å². The third-order valence-corrected chi connectivity index (χ3v) is 4.45. The quantitative estimate of drug-likeness (QED) is 0.852. The summed E-state index contributed by atoms with van der Waals surface area (Å²) in [5.74, 6) is 0.317. The lowest BCUT2D eigenvalue weighted by Gasteiger charge is -2.28. The SMILES string of the molecule is CCOc1ccc2c(c1)CN(CC(=O)Nc1ccccc1C(F)(F)F)CC2. The van der Waals surface area contributed by atoms with Crippen LogP contribution in [0.15, 0.2) is 42.5 Å². The molecule has 0 bridgehead atoms. The standard InChI is InChI=1S/C20H21F3N2O2/c1-2-27-16-8-7-14-9-10-25(12-15(14)11-16)13-19(26)24-18-6-4-3-5-17(18)20(21,22)23/h3-8,11H,2,9-10,12-13H2,1H3,(H,24,26). The van der Waals surface area contributed by atoms with Crippen molar-refractivity contribution in [2.45, 2.75) is 26.1 Å². The van der Waals surface area contributed by atoms with Crippen molar-refractivity contribution in [1.82, 2.24) is 4.90 Å². The fourth-order valence-corrected chi connectivity index (χ4v) is 3.22. The highest BCUT2D eigenvalue weighted by Crippen LogP contribution is 2.34. The zero-order valence-electron chi connectivity index (χ0n) is 15.0. The molecule has 1 amide bonds. The van der Waals surface area contributed by atoms with Crippen LogP contribution in [0, 0.1) is 0 Å². The Morgan fingerprint density at radius 1 is 1.19 bits per heavy atom. The lowest BCUT2D eigenvalue weighted by molar-refractivity contribution is -0.137. The largest absolute Gasteiger partial charge is 0.494 e. The van der Waals surface area contributed by atoms with E-state index in [1.807, 2.05) is 30.0 Å².